The number of rotatable bonds is 4. The van der Waals surface area contributed by atoms with Crippen LogP contribution in [0.4, 0.5) is 5.82 Å². The molecule has 0 aliphatic carbocycles. The second-order valence-electron chi connectivity index (χ2n) is 5.54. The Balaban J connectivity index is 1.72. The Morgan fingerprint density at radius 1 is 1.08 bits per heavy atom. The minimum atomic E-state index is -0.0390. The topological polar surface area (TPSA) is 67.8 Å². The van der Waals surface area contributed by atoms with Gasteiger partial charge in [-0.2, -0.15) is 0 Å². The summed E-state index contributed by atoms with van der Waals surface area (Å²) in [5, 5.41) is 0. The van der Waals surface area contributed by atoms with E-state index in [2.05, 4.69) is 30.8 Å². The van der Waals surface area contributed by atoms with Crippen LogP contribution in [0.2, 0.25) is 0 Å². The zero-order valence-electron chi connectivity index (χ0n) is 14.1. The monoisotopic (exact) mass is 406 g/mol. The van der Waals surface area contributed by atoms with Crippen molar-refractivity contribution >= 4 is 27.7 Å². The van der Waals surface area contributed by atoms with Crippen LogP contribution in [0.25, 0.3) is 0 Å². The molecule has 0 radical (unpaired) electrons. The Kier molecular flexibility index (Phi) is 5.37. The lowest BCUT2D eigenvalue weighted by Gasteiger charge is -2.35. The molecule has 0 atom stereocenters. The fourth-order valence-corrected chi connectivity index (χ4v) is 3.32. The van der Waals surface area contributed by atoms with Crippen LogP contribution in [0, 0.1) is 0 Å². The van der Waals surface area contributed by atoms with Crippen LogP contribution in [-0.4, -0.2) is 61.2 Å². The van der Waals surface area contributed by atoms with Crippen LogP contribution in [0.3, 0.4) is 0 Å². The Morgan fingerprint density at radius 2 is 1.72 bits per heavy atom. The highest BCUT2D eigenvalue weighted by atomic mass is 79.9. The maximum absolute atomic E-state index is 12.8. The van der Waals surface area contributed by atoms with Crippen molar-refractivity contribution in [2.75, 3.05) is 45.3 Å². The first-order valence-electron chi connectivity index (χ1n) is 7.85. The molecule has 1 aliphatic rings. The summed E-state index contributed by atoms with van der Waals surface area (Å²) >= 11 is 3.42. The van der Waals surface area contributed by atoms with Crippen LogP contribution in [0.15, 0.2) is 35.2 Å². The summed E-state index contributed by atoms with van der Waals surface area (Å²) in [6, 6.07) is 3.45. The molecule has 1 amide bonds. The van der Waals surface area contributed by atoms with Gasteiger partial charge in [0.15, 0.2) is 0 Å². The minimum Gasteiger partial charge on any atom is -0.495 e. The molecule has 2 heterocycles. The maximum atomic E-state index is 12.8. The second-order valence-corrected chi connectivity index (χ2v) is 6.33. The molecule has 3 rings (SSSR count). The summed E-state index contributed by atoms with van der Waals surface area (Å²) in [7, 11) is 3.13. The van der Waals surface area contributed by atoms with Gasteiger partial charge in [-0.1, -0.05) is 0 Å². The third kappa shape index (κ3) is 3.68. The first kappa shape index (κ1) is 17.5. The van der Waals surface area contributed by atoms with Crippen molar-refractivity contribution < 1.29 is 14.3 Å². The van der Waals surface area contributed by atoms with Gasteiger partial charge >= 0.3 is 0 Å². The summed E-state index contributed by atoms with van der Waals surface area (Å²) < 4.78 is 11.3. The number of nitrogens with zero attached hydrogens (tertiary/aromatic N) is 4. The quantitative estimate of drug-likeness (QED) is 0.775. The Labute approximate surface area is 154 Å². The lowest BCUT2D eigenvalue weighted by Crippen LogP contribution is -2.49. The van der Waals surface area contributed by atoms with E-state index < -0.39 is 0 Å². The van der Waals surface area contributed by atoms with E-state index in [4.69, 9.17) is 9.47 Å². The van der Waals surface area contributed by atoms with E-state index in [9.17, 15) is 4.79 Å². The van der Waals surface area contributed by atoms with Gasteiger partial charge in [0.1, 0.15) is 21.8 Å². The third-order valence-corrected chi connectivity index (χ3v) is 4.91. The highest BCUT2D eigenvalue weighted by Gasteiger charge is 2.24. The summed E-state index contributed by atoms with van der Waals surface area (Å²) in [6.07, 6.45) is 5.06. The van der Waals surface area contributed by atoms with E-state index in [1.807, 2.05) is 4.90 Å². The van der Waals surface area contributed by atoms with Crippen LogP contribution in [0.1, 0.15) is 10.4 Å². The van der Waals surface area contributed by atoms with Crippen molar-refractivity contribution in [1.29, 1.82) is 0 Å². The molecule has 0 saturated carbocycles. The number of halogens is 1. The molecule has 0 spiro atoms. The summed E-state index contributed by atoms with van der Waals surface area (Å²) in [6.45, 7) is 2.68. The number of aromatic nitrogens is 2. The van der Waals surface area contributed by atoms with Gasteiger partial charge in [-0.3, -0.25) is 9.78 Å². The second kappa shape index (κ2) is 7.69. The van der Waals surface area contributed by atoms with Crippen molar-refractivity contribution in [2.24, 2.45) is 0 Å². The summed E-state index contributed by atoms with van der Waals surface area (Å²) in [5.74, 6) is 1.94. The summed E-state index contributed by atoms with van der Waals surface area (Å²) in [4.78, 5) is 25.2. The number of piperazine rings is 1. The van der Waals surface area contributed by atoms with Gasteiger partial charge in [-0.05, 0) is 28.1 Å². The van der Waals surface area contributed by atoms with E-state index in [1.165, 1.54) is 0 Å². The zero-order valence-corrected chi connectivity index (χ0v) is 15.7. The van der Waals surface area contributed by atoms with Crippen LogP contribution in [0.5, 0.6) is 11.5 Å². The SMILES string of the molecule is COc1cc(C(=O)N2CCN(c3cnccn3)CC2)cc(OC)c1Br. The van der Waals surface area contributed by atoms with Gasteiger partial charge in [-0.15, -0.1) is 0 Å². The molecule has 1 saturated heterocycles. The van der Waals surface area contributed by atoms with Gasteiger partial charge in [-0.25, -0.2) is 4.98 Å². The number of hydrogen-bond donors (Lipinski definition) is 0. The van der Waals surface area contributed by atoms with Gasteiger partial charge in [0.05, 0.1) is 20.4 Å². The summed E-state index contributed by atoms with van der Waals surface area (Å²) in [5.41, 5.74) is 0.546. The van der Waals surface area contributed by atoms with E-state index in [1.54, 1.807) is 44.9 Å². The fourth-order valence-electron chi connectivity index (χ4n) is 2.77. The molecule has 0 unspecified atom stereocenters. The third-order valence-electron chi connectivity index (χ3n) is 4.13. The first-order valence-corrected chi connectivity index (χ1v) is 8.65. The molecule has 1 aromatic carbocycles. The largest absolute Gasteiger partial charge is 0.495 e. The van der Waals surface area contributed by atoms with E-state index >= 15 is 0 Å². The maximum Gasteiger partial charge on any atom is 0.254 e. The number of methoxy groups -OCH3 is 2. The number of benzene rings is 1. The molecule has 7 nitrogen and oxygen atoms in total. The minimum absolute atomic E-state index is 0.0390. The van der Waals surface area contributed by atoms with Crippen molar-refractivity contribution in [2.45, 2.75) is 0 Å². The molecule has 8 heteroatoms. The fraction of sp³-hybridized carbons (Fsp3) is 0.353. The van der Waals surface area contributed by atoms with E-state index in [-0.39, 0.29) is 5.91 Å². The van der Waals surface area contributed by atoms with Crippen molar-refractivity contribution in [1.82, 2.24) is 14.9 Å². The number of ether oxygens (including phenoxy) is 2. The zero-order chi connectivity index (χ0) is 17.8. The molecular formula is C17H19BrN4O3. The predicted molar refractivity (Wildman–Crippen MR) is 97.4 cm³/mol. The van der Waals surface area contributed by atoms with Gasteiger partial charge in [0.25, 0.3) is 5.91 Å². The average molecular weight is 407 g/mol. The van der Waals surface area contributed by atoms with Crippen LogP contribution in [-0.2, 0) is 0 Å². The van der Waals surface area contributed by atoms with Crippen LogP contribution < -0.4 is 14.4 Å². The van der Waals surface area contributed by atoms with Gasteiger partial charge < -0.3 is 19.3 Å². The smallest absolute Gasteiger partial charge is 0.254 e. The number of carbonyl (C=O) groups is 1. The number of hydrogen-bond acceptors (Lipinski definition) is 6. The lowest BCUT2D eigenvalue weighted by atomic mass is 10.1. The first-order chi connectivity index (χ1) is 12.1. The van der Waals surface area contributed by atoms with E-state index in [0.717, 1.165) is 18.9 Å². The Bertz CT molecular complexity index is 724. The number of anilines is 1. The van der Waals surface area contributed by atoms with Crippen LogP contribution >= 0.6 is 15.9 Å². The average Bonchev–Trinajstić information content (AvgIpc) is 2.68. The molecule has 132 valence electrons. The standard InChI is InChI=1S/C17H19BrN4O3/c1-24-13-9-12(10-14(25-2)16(13)18)17(23)22-7-5-21(6-8-22)15-11-19-3-4-20-15/h3-4,9-11H,5-8H2,1-2H3. The number of amides is 1. The Hall–Kier alpha value is -2.35. The molecule has 1 fully saturated rings. The van der Waals surface area contributed by atoms with Crippen molar-refractivity contribution in [3.8, 4) is 11.5 Å². The van der Waals surface area contributed by atoms with Crippen molar-refractivity contribution in [3.05, 3.63) is 40.8 Å². The highest BCUT2D eigenvalue weighted by molar-refractivity contribution is 9.10. The number of carbonyl (C=O) groups excluding carboxylic acids is 1. The molecule has 0 N–H and O–H groups in total. The Morgan fingerprint density at radius 3 is 2.24 bits per heavy atom. The normalized spacial score (nSPS) is 14.4. The molecule has 1 aliphatic heterocycles. The molecule has 0 bridgehead atoms. The van der Waals surface area contributed by atoms with Gasteiger partial charge in [0.2, 0.25) is 0 Å². The predicted octanol–water partition coefficient (Wildman–Crippen LogP) is 2.22. The lowest BCUT2D eigenvalue weighted by molar-refractivity contribution is 0.0745. The molecule has 1 aromatic heterocycles. The van der Waals surface area contributed by atoms with Crippen molar-refractivity contribution in [3.63, 3.8) is 0 Å². The molecule has 25 heavy (non-hydrogen) atoms. The van der Waals surface area contributed by atoms with E-state index in [0.29, 0.717) is 34.6 Å². The molecule has 2 aromatic rings. The highest BCUT2D eigenvalue weighted by Crippen LogP contribution is 2.36. The molecular weight excluding hydrogens is 388 g/mol. The van der Waals surface area contributed by atoms with Gasteiger partial charge in [0, 0.05) is 44.1 Å².